The van der Waals surface area contributed by atoms with Crippen LogP contribution in [-0.4, -0.2) is 40.6 Å². The molecular weight excluding hydrogens is 444 g/mol. The van der Waals surface area contributed by atoms with Gasteiger partial charge in [-0.25, -0.2) is 4.98 Å². The third kappa shape index (κ3) is 4.87. The van der Waals surface area contributed by atoms with Crippen molar-refractivity contribution in [1.82, 2.24) is 9.55 Å². The molecule has 1 fully saturated rings. The van der Waals surface area contributed by atoms with Gasteiger partial charge >= 0.3 is 0 Å². The van der Waals surface area contributed by atoms with Gasteiger partial charge in [0.25, 0.3) is 0 Å². The topological polar surface area (TPSA) is 56.5 Å². The molecule has 1 N–H and O–H groups in total. The SMILES string of the molecule is Cl.OC(COc1ccc(Br)cc1)Cn1c(C2CCOCC2)nc2ccccc21. The fraction of sp³-hybridized carbons (Fsp3) is 0.381. The molecule has 28 heavy (non-hydrogen) atoms. The van der Waals surface area contributed by atoms with Gasteiger partial charge in [-0.05, 0) is 49.2 Å². The molecule has 7 heteroatoms. The number of imidazole rings is 1. The van der Waals surface area contributed by atoms with Crippen molar-refractivity contribution < 1.29 is 14.6 Å². The van der Waals surface area contributed by atoms with Crippen LogP contribution in [0.1, 0.15) is 24.6 Å². The monoisotopic (exact) mass is 466 g/mol. The lowest BCUT2D eigenvalue weighted by Crippen LogP contribution is -2.26. The van der Waals surface area contributed by atoms with E-state index in [0.717, 1.165) is 53.1 Å². The molecule has 2 heterocycles. The third-order valence-electron chi connectivity index (χ3n) is 4.92. The Hall–Kier alpha value is -1.60. The molecule has 0 aliphatic carbocycles. The van der Waals surface area contributed by atoms with Crippen LogP contribution in [0.15, 0.2) is 53.0 Å². The van der Waals surface area contributed by atoms with E-state index >= 15 is 0 Å². The van der Waals surface area contributed by atoms with E-state index < -0.39 is 6.10 Å². The minimum atomic E-state index is -0.621. The zero-order valence-corrected chi connectivity index (χ0v) is 17.9. The molecule has 1 aliphatic heterocycles. The van der Waals surface area contributed by atoms with E-state index in [4.69, 9.17) is 14.5 Å². The van der Waals surface area contributed by atoms with Crippen molar-refractivity contribution in [2.24, 2.45) is 0 Å². The minimum Gasteiger partial charge on any atom is -0.491 e. The molecule has 5 nitrogen and oxygen atoms in total. The maximum Gasteiger partial charge on any atom is 0.119 e. The van der Waals surface area contributed by atoms with Crippen molar-refractivity contribution in [1.29, 1.82) is 0 Å². The highest BCUT2D eigenvalue weighted by atomic mass is 79.9. The highest BCUT2D eigenvalue weighted by Crippen LogP contribution is 2.29. The predicted octanol–water partition coefficient (Wildman–Crippen LogP) is 4.55. The number of benzene rings is 2. The molecule has 0 amide bonds. The second kappa shape index (κ2) is 9.74. The molecule has 0 radical (unpaired) electrons. The number of fused-ring (bicyclic) bond motifs is 1. The summed E-state index contributed by atoms with van der Waals surface area (Å²) in [7, 11) is 0. The van der Waals surface area contributed by atoms with Crippen molar-refractivity contribution in [3.05, 3.63) is 58.8 Å². The van der Waals surface area contributed by atoms with Crippen molar-refractivity contribution in [2.45, 2.75) is 31.4 Å². The molecular formula is C21H24BrClN2O3. The van der Waals surface area contributed by atoms with Gasteiger partial charge in [0.15, 0.2) is 0 Å². The number of ether oxygens (including phenoxy) is 2. The third-order valence-corrected chi connectivity index (χ3v) is 5.45. The van der Waals surface area contributed by atoms with E-state index in [2.05, 4.69) is 26.6 Å². The predicted molar refractivity (Wildman–Crippen MR) is 115 cm³/mol. The summed E-state index contributed by atoms with van der Waals surface area (Å²) in [5.41, 5.74) is 2.03. The maximum atomic E-state index is 10.6. The summed E-state index contributed by atoms with van der Waals surface area (Å²) in [5.74, 6) is 2.16. The lowest BCUT2D eigenvalue weighted by molar-refractivity contribution is 0.0780. The first-order valence-electron chi connectivity index (χ1n) is 9.30. The van der Waals surface area contributed by atoms with Crippen LogP contribution in [0.3, 0.4) is 0 Å². The number of halogens is 2. The molecule has 4 rings (SSSR count). The maximum absolute atomic E-state index is 10.6. The van der Waals surface area contributed by atoms with Crippen molar-refractivity contribution in [3.8, 4) is 5.75 Å². The fourth-order valence-corrected chi connectivity index (χ4v) is 3.80. The van der Waals surface area contributed by atoms with E-state index in [1.54, 1.807) is 0 Å². The summed E-state index contributed by atoms with van der Waals surface area (Å²) in [4.78, 5) is 4.87. The highest BCUT2D eigenvalue weighted by Gasteiger charge is 2.24. The average Bonchev–Trinajstić information content (AvgIpc) is 3.07. The van der Waals surface area contributed by atoms with Gasteiger partial charge in [-0.15, -0.1) is 12.4 Å². The lowest BCUT2D eigenvalue weighted by Gasteiger charge is -2.23. The number of hydrogen-bond donors (Lipinski definition) is 1. The summed E-state index contributed by atoms with van der Waals surface area (Å²) < 4.78 is 14.4. The zero-order valence-electron chi connectivity index (χ0n) is 15.5. The zero-order chi connectivity index (χ0) is 18.6. The number of aliphatic hydroxyl groups is 1. The van der Waals surface area contributed by atoms with Crippen LogP contribution >= 0.6 is 28.3 Å². The van der Waals surface area contributed by atoms with E-state index in [-0.39, 0.29) is 19.0 Å². The van der Waals surface area contributed by atoms with Crippen LogP contribution in [0, 0.1) is 0 Å². The lowest BCUT2D eigenvalue weighted by atomic mass is 9.99. The normalized spacial score (nSPS) is 15.9. The first-order chi connectivity index (χ1) is 13.2. The van der Waals surface area contributed by atoms with Gasteiger partial charge in [0.2, 0.25) is 0 Å². The van der Waals surface area contributed by atoms with E-state index in [1.807, 2.05) is 42.5 Å². The van der Waals surface area contributed by atoms with Gasteiger partial charge in [-0.2, -0.15) is 0 Å². The van der Waals surface area contributed by atoms with E-state index in [0.29, 0.717) is 12.5 Å². The van der Waals surface area contributed by atoms with Gasteiger partial charge in [0.1, 0.15) is 24.3 Å². The fourth-order valence-electron chi connectivity index (χ4n) is 3.54. The summed E-state index contributed by atoms with van der Waals surface area (Å²) in [5, 5.41) is 10.6. The Morgan fingerprint density at radius 3 is 2.61 bits per heavy atom. The molecule has 0 bridgehead atoms. The molecule has 1 unspecified atom stereocenters. The largest absolute Gasteiger partial charge is 0.491 e. The standard InChI is InChI=1S/C21H23BrN2O3.ClH/c22-16-5-7-18(8-6-16)27-14-17(25)13-24-20-4-2-1-3-19(20)23-21(24)15-9-11-26-12-10-15;/h1-8,15,17,25H,9-14H2;1H. The second-order valence-corrected chi connectivity index (χ2v) is 7.79. The molecule has 3 aromatic rings. The first-order valence-corrected chi connectivity index (χ1v) is 10.1. The van der Waals surface area contributed by atoms with Crippen LogP contribution < -0.4 is 4.74 Å². The Kier molecular flexibility index (Phi) is 7.35. The molecule has 1 atom stereocenters. The quantitative estimate of drug-likeness (QED) is 0.578. The van der Waals surface area contributed by atoms with Gasteiger partial charge in [0.05, 0.1) is 17.6 Å². The Morgan fingerprint density at radius 1 is 1.14 bits per heavy atom. The summed E-state index contributed by atoms with van der Waals surface area (Å²) in [6.07, 6.45) is 1.31. The van der Waals surface area contributed by atoms with Crippen molar-refractivity contribution in [3.63, 3.8) is 0 Å². The molecule has 1 aliphatic rings. The molecule has 1 aromatic heterocycles. The highest BCUT2D eigenvalue weighted by molar-refractivity contribution is 9.10. The number of aromatic nitrogens is 2. The van der Waals surface area contributed by atoms with Crippen molar-refractivity contribution >= 4 is 39.4 Å². The number of nitrogens with zero attached hydrogens (tertiary/aromatic N) is 2. The van der Waals surface area contributed by atoms with Crippen LogP contribution in [0.5, 0.6) is 5.75 Å². The Bertz CT molecular complexity index is 894. The van der Waals surface area contributed by atoms with Gasteiger partial charge < -0.3 is 19.1 Å². The van der Waals surface area contributed by atoms with Crippen LogP contribution in [0.2, 0.25) is 0 Å². The summed E-state index contributed by atoms with van der Waals surface area (Å²) in [6, 6.07) is 15.7. The molecule has 150 valence electrons. The minimum absolute atomic E-state index is 0. The number of rotatable bonds is 6. The van der Waals surface area contributed by atoms with E-state index in [9.17, 15) is 5.11 Å². The molecule has 1 saturated heterocycles. The van der Waals surface area contributed by atoms with Gasteiger partial charge in [-0.3, -0.25) is 0 Å². The Balaban J connectivity index is 0.00000225. The van der Waals surface area contributed by atoms with E-state index in [1.165, 1.54) is 0 Å². The van der Waals surface area contributed by atoms with Crippen molar-refractivity contribution in [2.75, 3.05) is 19.8 Å². The van der Waals surface area contributed by atoms with Crippen LogP contribution in [-0.2, 0) is 11.3 Å². The smallest absolute Gasteiger partial charge is 0.119 e. The number of hydrogen-bond acceptors (Lipinski definition) is 4. The van der Waals surface area contributed by atoms with Gasteiger partial charge in [-0.1, -0.05) is 28.1 Å². The Morgan fingerprint density at radius 2 is 1.86 bits per heavy atom. The molecule has 0 spiro atoms. The second-order valence-electron chi connectivity index (χ2n) is 6.87. The first kappa shape index (κ1) is 21.1. The Labute approximate surface area is 179 Å². The van der Waals surface area contributed by atoms with Crippen LogP contribution in [0.4, 0.5) is 0 Å². The van der Waals surface area contributed by atoms with Gasteiger partial charge in [0, 0.05) is 23.6 Å². The summed E-state index contributed by atoms with van der Waals surface area (Å²) in [6.45, 7) is 2.23. The number of aliphatic hydroxyl groups excluding tert-OH is 1. The number of para-hydroxylation sites is 2. The van der Waals surface area contributed by atoms with Crippen LogP contribution in [0.25, 0.3) is 11.0 Å². The summed E-state index contributed by atoms with van der Waals surface area (Å²) >= 11 is 3.41. The average molecular weight is 468 g/mol. The molecule has 2 aromatic carbocycles. The molecule has 0 saturated carbocycles.